The van der Waals surface area contributed by atoms with Crippen LogP contribution in [-0.2, 0) is 6.54 Å². The first-order chi connectivity index (χ1) is 9.92. The van der Waals surface area contributed by atoms with E-state index in [0.717, 1.165) is 10.8 Å². The van der Waals surface area contributed by atoms with Gasteiger partial charge in [0, 0.05) is 5.56 Å². The molecule has 1 aromatic heterocycles. The van der Waals surface area contributed by atoms with E-state index in [0.29, 0.717) is 11.3 Å². The molecule has 0 unspecified atom stereocenters. The van der Waals surface area contributed by atoms with Gasteiger partial charge >= 0.3 is 12.8 Å². The van der Waals surface area contributed by atoms with Crippen LogP contribution in [0.15, 0.2) is 34.0 Å². The Labute approximate surface area is 118 Å². The molecule has 1 heterocycles. The van der Waals surface area contributed by atoms with Crippen LogP contribution in [0.25, 0.3) is 0 Å². The van der Waals surface area contributed by atoms with Crippen LogP contribution in [0.4, 0.5) is 4.39 Å². The van der Waals surface area contributed by atoms with Gasteiger partial charge < -0.3 is 14.8 Å². The Kier molecular flexibility index (Phi) is 4.25. The molecule has 0 aliphatic carbocycles. The van der Waals surface area contributed by atoms with E-state index < -0.39 is 24.2 Å². The van der Waals surface area contributed by atoms with Gasteiger partial charge in [0.1, 0.15) is 5.75 Å². The lowest BCUT2D eigenvalue weighted by Crippen LogP contribution is -2.33. The first kappa shape index (κ1) is 15.0. The maximum atomic E-state index is 13.2. The predicted molar refractivity (Wildman–Crippen MR) is 73.2 cm³/mol. The zero-order chi connectivity index (χ0) is 15.6. The lowest BCUT2D eigenvalue weighted by molar-refractivity contribution is 0.407. The van der Waals surface area contributed by atoms with E-state index in [2.05, 4.69) is 0 Å². The van der Waals surface area contributed by atoms with Crippen molar-refractivity contribution in [3.63, 3.8) is 0 Å². The average Bonchev–Trinajstić information content (AvgIpc) is 2.44. The number of hydrogen-bond donors (Lipinski definition) is 3. The number of H-pyrrole nitrogens is 1. The molecule has 0 amide bonds. The fourth-order valence-electron chi connectivity index (χ4n) is 1.87. The molecule has 0 radical (unpaired) electrons. The van der Waals surface area contributed by atoms with Gasteiger partial charge in [0.15, 0.2) is 0 Å². The summed E-state index contributed by atoms with van der Waals surface area (Å²) in [6, 6.07) is 4.36. The van der Waals surface area contributed by atoms with E-state index in [1.165, 1.54) is 25.3 Å². The largest absolute Gasteiger partial charge is 0.496 e. The molecule has 0 fully saturated rings. The number of rotatable bonds is 4. The summed E-state index contributed by atoms with van der Waals surface area (Å²) in [5.41, 5.74) is -1.25. The highest BCUT2D eigenvalue weighted by molar-refractivity contribution is 6.58. The topological polar surface area (TPSA) is 105 Å². The Morgan fingerprint density at radius 2 is 2.10 bits per heavy atom. The Balaban J connectivity index is 2.47. The third-order valence-corrected chi connectivity index (χ3v) is 2.91. The molecule has 0 aliphatic rings. The average molecular weight is 294 g/mol. The number of aromatic amines is 1. The number of aromatic nitrogens is 2. The second kappa shape index (κ2) is 5.94. The van der Waals surface area contributed by atoms with Crippen molar-refractivity contribution in [2.75, 3.05) is 7.11 Å². The van der Waals surface area contributed by atoms with Crippen molar-refractivity contribution in [3.8, 4) is 5.75 Å². The molecule has 0 aliphatic heterocycles. The van der Waals surface area contributed by atoms with Gasteiger partial charge in [-0.05, 0) is 11.5 Å². The number of nitrogens with zero attached hydrogens (tertiary/aromatic N) is 1. The van der Waals surface area contributed by atoms with Crippen molar-refractivity contribution in [1.29, 1.82) is 0 Å². The standard InChI is InChI=1S/C12H12BFN2O5/c1-21-10-3-2-8(13(19)20)4-7(10)5-16-6-9(14)11(17)15-12(16)18/h2-4,6,19-20H,5H2,1H3,(H,15,17,18). The van der Waals surface area contributed by atoms with E-state index in [1.54, 1.807) is 0 Å². The molecule has 9 heteroatoms. The first-order valence-electron chi connectivity index (χ1n) is 5.94. The molecule has 0 saturated heterocycles. The van der Waals surface area contributed by atoms with Crippen LogP contribution in [-0.4, -0.2) is 33.8 Å². The summed E-state index contributed by atoms with van der Waals surface area (Å²) in [5.74, 6) is -0.704. The first-order valence-corrected chi connectivity index (χ1v) is 5.94. The van der Waals surface area contributed by atoms with Gasteiger partial charge in [0.25, 0.3) is 5.56 Å². The summed E-state index contributed by atoms with van der Waals surface area (Å²) in [5, 5.41) is 18.3. The number of halogens is 1. The summed E-state index contributed by atoms with van der Waals surface area (Å²) in [6.45, 7) is -0.101. The molecule has 3 N–H and O–H groups in total. The Morgan fingerprint density at radius 3 is 2.71 bits per heavy atom. The monoisotopic (exact) mass is 294 g/mol. The lowest BCUT2D eigenvalue weighted by atomic mass is 9.79. The number of ether oxygens (including phenoxy) is 1. The van der Waals surface area contributed by atoms with E-state index in [4.69, 9.17) is 14.8 Å². The Bertz CT molecular complexity index is 771. The highest BCUT2D eigenvalue weighted by atomic mass is 19.1. The van der Waals surface area contributed by atoms with Crippen molar-refractivity contribution >= 4 is 12.6 Å². The minimum atomic E-state index is -1.68. The van der Waals surface area contributed by atoms with E-state index in [1.807, 2.05) is 4.98 Å². The Hall–Kier alpha value is -2.39. The van der Waals surface area contributed by atoms with Gasteiger partial charge in [0.05, 0.1) is 19.9 Å². The summed E-state index contributed by atoms with van der Waals surface area (Å²) < 4.78 is 19.3. The number of hydrogen-bond acceptors (Lipinski definition) is 5. The van der Waals surface area contributed by atoms with Gasteiger partial charge in [-0.2, -0.15) is 4.39 Å². The molecule has 1 aromatic carbocycles. The van der Waals surface area contributed by atoms with Gasteiger partial charge in [0.2, 0.25) is 5.82 Å². The maximum Gasteiger partial charge on any atom is 0.488 e. The maximum absolute atomic E-state index is 13.2. The molecule has 110 valence electrons. The second-order valence-corrected chi connectivity index (χ2v) is 4.31. The van der Waals surface area contributed by atoms with E-state index in [-0.39, 0.29) is 12.0 Å². The number of methoxy groups -OCH3 is 1. The van der Waals surface area contributed by atoms with Crippen molar-refractivity contribution < 1.29 is 19.2 Å². The van der Waals surface area contributed by atoms with Gasteiger partial charge in [-0.15, -0.1) is 0 Å². The highest BCUT2D eigenvalue weighted by Gasteiger charge is 2.15. The SMILES string of the molecule is COc1ccc(B(O)O)cc1Cn1cc(F)c(=O)[nH]c1=O. The lowest BCUT2D eigenvalue weighted by Gasteiger charge is -2.12. The zero-order valence-electron chi connectivity index (χ0n) is 11.0. The molecule has 2 rings (SSSR count). The van der Waals surface area contributed by atoms with Crippen molar-refractivity contribution in [1.82, 2.24) is 9.55 Å². The molecule has 2 aromatic rings. The quantitative estimate of drug-likeness (QED) is 0.590. The van der Waals surface area contributed by atoms with Gasteiger partial charge in [-0.25, -0.2) is 4.79 Å². The zero-order valence-corrected chi connectivity index (χ0v) is 11.0. The summed E-state index contributed by atoms with van der Waals surface area (Å²) in [4.78, 5) is 24.4. The van der Waals surface area contributed by atoms with Crippen LogP contribution in [0.3, 0.4) is 0 Å². The molecule has 0 spiro atoms. The smallest absolute Gasteiger partial charge is 0.488 e. The molecular formula is C12H12BFN2O5. The highest BCUT2D eigenvalue weighted by Crippen LogP contribution is 2.17. The molecule has 0 atom stereocenters. The van der Waals surface area contributed by atoms with Gasteiger partial charge in [-0.3, -0.25) is 14.3 Å². The van der Waals surface area contributed by atoms with Crippen LogP contribution in [0.5, 0.6) is 5.75 Å². The van der Waals surface area contributed by atoms with E-state index >= 15 is 0 Å². The number of nitrogens with one attached hydrogen (secondary N) is 1. The predicted octanol–water partition coefficient (Wildman–Crippen LogP) is -1.59. The molecular weight excluding hydrogens is 282 g/mol. The van der Waals surface area contributed by atoms with Gasteiger partial charge in [-0.1, -0.05) is 12.1 Å². The molecule has 0 saturated carbocycles. The fraction of sp³-hybridized carbons (Fsp3) is 0.167. The minimum Gasteiger partial charge on any atom is -0.496 e. The van der Waals surface area contributed by atoms with Crippen molar-refractivity contribution in [2.24, 2.45) is 0 Å². The molecule has 21 heavy (non-hydrogen) atoms. The fourth-order valence-corrected chi connectivity index (χ4v) is 1.87. The van der Waals surface area contributed by atoms with E-state index in [9.17, 15) is 14.0 Å². The minimum absolute atomic E-state index is 0.101. The Morgan fingerprint density at radius 1 is 1.38 bits per heavy atom. The number of benzene rings is 1. The van der Waals surface area contributed by atoms with Crippen LogP contribution < -0.4 is 21.4 Å². The van der Waals surface area contributed by atoms with Crippen LogP contribution in [0.2, 0.25) is 0 Å². The molecule has 0 bridgehead atoms. The normalized spacial score (nSPS) is 10.5. The van der Waals surface area contributed by atoms with Crippen molar-refractivity contribution in [2.45, 2.75) is 6.54 Å². The third-order valence-electron chi connectivity index (χ3n) is 2.91. The third kappa shape index (κ3) is 3.20. The van der Waals surface area contributed by atoms with Crippen molar-refractivity contribution in [3.05, 3.63) is 56.6 Å². The molecule has 7 nitrogen and oxygen atoms in total. The van der Waals surface area contributed by atoms with Crippen LogP contribution in [0.1, 0.15) is 5.56 Å². The summed E-state index contributed by atoms with van der Waals surface area (Å²) in [6.07, 6.45) is 0.780. The summed E-state index contributed by atoms with van der Waals surface area (Å²) in [7, 11) is -0.275. The van der Waals surface area contributed by atoms with Crippen LogP contribution >= 0.6 is 0 Å². The van der Waals surface area contributed by atoms with Crippen LogP contribution in [0, 0.1) is 5.82 Å². The summed E-state index contributed by atoms with van der Waals surface area (Å²) >= 11 is 0. The second-order valence-electron chi connectivity index (χ2n) is 4.31.